The highest BCUT2D eigenvalue weighted by molar-refractivity contribution is 7.99. The van der Waals surface area contributed by atoms with Crippen LogP contribution in [-0.2, 0) is 5.41 Å². The lowest BCUT2D eigenvalue weighted by Crippen LogP contribution is -2.11. The molecule has 1 aliphatic carbocycles. The Bertz CT molecular complexity index is 1410. The second kappa shape index (κ2) is 9.82. The zero-order valence-corrected chi connectivity index (χ0v) is 21.6. The van der Waals surface area contributed by atoms with Gasteiger partial charge in [0.2, 0.25) is 0 Å². The molecule has 5 rings (SSSR count). The maximum Gasteiger partial charge on any atom is 0.192 e. The molecule has 0 unspecified atom stereocenters. The van der Waals surface area contributed by atoms with Gasteiger partial charge in [0.05, 0.1) is 16.8 Å². The maximum absolute atomic E-state index is 10.9. The van der Waals surface area contributed by atoms with E-state index in [0.717, 1.165) is 40.4 Å². The molecular weight excluding hydrogens is 468 g/mol. The van der Waals surface area contributed by atoms with E-state index >= 15 is 0 Å². The van der Waals surface area contributed by atoms with Gasteiger partial charge in [-0.25, -0.2) is 4.98 Å². The summed E-state index contributed by atoms with van der Waals surface area (Å²) in [6, 6.07) is 18.6. The molecule has 7 nitrogen and oxygen atoms in total. The number of para-hydroxylation sites is 2. The number of hydrogen-bond acceptors (Lipinski definition) is 6. The highest BCUT2D eigenvalue weighted by atomic mass is 32.2. The molecule has 0 bridgehead atoms. The number of allylic oxidation sites excluding steroid dienone is 1. The third-order valence-corrected chi connectivity index (χ3v) is 7.68. The number of thioether (sulfide) groups is 1. The number of nitriles is 1. The summed E-state index contributed by atoms with van der Waals surface area (Å²) in [7, 11) is 0. The van der Waals surface area contributed by atoms with Crippen LogP contribution < -0.4 is 0 Å². The minimum Gasteiger partial charge on any atom is -0.510 e. The van der Waals surface area contributed by atoms with E-state index in [-0.39, 0.29) is 22.5 Å². The predicted molar refractivity (Wildman–Crippen MR) is 144 cm³/mol. The lowest BCUT2D eigenvalue weighted by atomic mass is 9.86. The van der Waals surface area contributed by atoms with Crippen LogP contribution in [0.15, 0.2) is 59.4 Å². The van der Waals surface area contributed by atoms with Gasteiger partial charge >= 0.3 is 0 Å². The first-order valence-electron chi connectivity index (χ1n) is 12.3. The minimum atomic E-state index is -0.0291. The zero-order chi connectivity index (χ0) is 25.3. The molecule has 1 fully saturated rings. The van der Waals surface area contributed by atoms with Crippen LogP contribution in [0.4, 0.5) is 0 Å². The standard InChI is InChI=1S/C28H30N6OS/c1-28(2,3)19-14-12-18(13-15-19)26-32-33-27(34(26)20-8-4-5-9-20)36-17-24(35)21(16-29)25-30-22-10-6-7-11-23(22)31-25/h6-7,10-15,20,35H,4-5,8-9,17H2,1-3H3,(H,30,31). The maximum atomic E-state index is 10.9. The van der Waals surface area contributed by atoms with E-state index in [0.29, 0.717) is 11.9 Å². The zero-order valence-electron chi connectivity index (χ0n) is 20.8. The monoisotopic (exact) mass is 498 g/mol. The molecule has 4 aromatic rings. The number of fused-ring (bicyclic) bond motifs is 1. The van der Waals surface area contributed by atoms with E-state index in [1.165, 1.54) is 30.2 Å². The number of nitrogens with zero attached hydrogens (tertiary/aromatic N) is 5. The molecule has 36 heavy (non-hydrogen) atoms. The molecule has 0 radical (unpaired) electrons. The largest absolute Gasteiger partial charge is 0.510 e. The molecule has 184 valence electrons. The van der Waals surface area contributed by atoms with Crippen LogP contribution in [0.1, 0.15) is 63.9 Å². The summed E-state index contributed by atoms with van der Waals surface area (Å²) in [5.74, 6) is 1.40. The van der Waals surface area contributed by atoms with Crippen molar-refractivity contribution in [3.05, 3.63) is 65.7 Å². The predicted octanol–water partition coefficient (Wildman–Crippen LogP) is 6.82. The number of aliphatic hydroxyl groups is 1. The van der Waals surface area contributed by atoms with Gasteiger partial charge in [0.25, 0.3) is 0 Å². The van der Waals surface area contributed by atoms with Gasteiger partial charge < -0.3 is 10.1 Å². The minimum absolute atomic E-state index is 0.0291. The van der Waals surface area contributed by atoms with E-state index < -0.39 is 0 Å². The summed E-state index contributed by atoms with van der Waals surface area (Å²) in [5.41, 5.74) is 4.11. The summed E-state index contributed by atoms with van der Waals surface area (Å²) in [6.45, 7) is 6.62. The topological polar surface area (TPSA) is 103 Å². The molecule has 0 atom stereocenters. The van der Waals surface area contributed by atoms with Gasteiger partial charge in [-0.1, -0.05) is 81.8 Å². The quantitative estimate of drug-likeness (QED) is 0.172. The first-order valence-corrected chi connectivity index (χ1v) is 13.3. The molecule has 0 saturated heterocycles. The van der Waals surface area contributed by atoms with Crippen molar-refractivity contribution in [1.82, 2.24) is 24.7 Å². The van der Waals surface area contributed by atoms with Gasteiger partial charge in [-0.15, -0.1) is 10.2 Å². The normalized spacial score (nSPS) is 15.3. The van der Waals surface area contributed by atoms with Crippen LogP contribution in [0.5, 0.6) is 0 Å². The van der Waals surface area contributed by atoms with Gasteiger partial charge in [-0.2, -0.15) is 5.26 Å². The highest BCUT2D eigenvalue weighted by Crippen LogP contribution is 2.37. The molecular formula is C28H30N6OS. The fourth-order valence-electron chi connectivity index (χ4n) is 4.71. The van der Waals surface area contributed by atoms with Crippen molar-refractivity contribution in [2.45, 2.75) is 63.1 Å². The number of aromatic nitrogens is 5. The summed E-state index contributed by atoms with van der Waals surface area (Å²) in [5, 5.41) is 30.4. The summed E-state index contributed by atoms with van der Waals surface area (Å²) in [4.78, 5) is 7.60. The Morgan fingerprint density at radius 2 is 1.83 bits per heavy atom. The lowest BCUT2D eigenvalue weighted by molar-refractivity contribution is 0.420. The molecule has 8 heteroatoms. The average molecular weight is 499 g/mol. The van der Waals surface area contributed by atoms with Crippen molar-refractivity contribution in [3.8, 4) is 17.5 Å². The summed E-state index contributed by atoms with van der Waals surface area (Å²) >= 11 is 1.40. The molecule has 2 aromatic heterocycles. The Hall–Kier alpha value is -3.57. The van der Waals surface area contributed by atoms with Crippen molar-refractivity contribution in [1.29, 1.82) is 5.26 Å². The van der Waals surface area contributed by atoms with Gasteiger partial charge in [0.1, 0.15) is 17.4 Å². The van der Waals surface area contributed by atoms with Crippen molar-refractivity contribution in [2.75, 3.05) is 5.75 Å². The number of rotatable bonds is 6. The van der Waals surface area contributed by atoms with E-state index in [1.807, 2.05) is 24.3 Å². The Morgan fingerprint density at radius 1 is 1.11 bits per heavy atom. The molecule has 0 aliphatic heterocycles. The Kier molecular flexibility index (Phi) is 6.59. The Balaban J connectivity index is 1.44. The van der Waals surface area contributed by atoms with Crippen LogP contribution >= 0.6 is 11.8 Å². The molecule has 0 amide bonds. The lowest BCUT2D eigenvalue weighted by Gasteiger charge is -2.20. The SMILES string of the molecule is CC(C)(C)c1ccc(-c2nnc(SCC(O)=C(C#N)c3nc4ccccc4[nH]3)n2C2CCCC2)cc1. The number of imidazole rings is 1. The number of benzene rings is 2. The smallest absolute Gasteiger partial charge is 0.192 e. The Morgan fingerprint density at radius 3 is 2.50 bits per heavy atom. The number of aliphatic hydroxyl groups excluding tert-OH is 1. The second-order valence-electron chi connectivity index (χ2n) is 10.3. The van der Waals surface area contributed by atoms with Gasteiger partial charge in [-0.05, 0) is 36.0 Å². The molecule has 2 heterocycles. The second-order valence-corrected chi connectivity index (χ2v) is 11.2. The average Bonchev–Trinajstić information content (AvgIpc) is 3.62. The van der Waals surface area contributed by atoms with Crippen LogP contribution in [0, 0.1) is 11.3 Å². The van der Waals surface area contributed by atoms with Gasteiger partial charge in [-0.3, -0.25) is 4.57 Å². The van der Waals surface area contributed by atoms with E-state index in [9.17, 15) is 10.4 Å². The van der Waals surface area contributed by atoms with E-state index in [4.69, 9.17) is 0 Å². The van der Waals surface area contributed by atoms with Crippen LogP contribution in [-0.4, -0.2) is 35.6 Å². The van der Waals surface area contributed by atoms with Crippen molar-refractivity contribution in [3.63, 3.8) is 0 Å². The summed E-state index contributed by atoms with van der Waals surface area (Å²) < 4.78 is 2.23. The molecule has 0 spiro atoms. The first kappa shape index (κ1) is 24.1. The van der Waals surface area contributed by atoms with Gasteiger partial charge in [0.15, 0.2) is 16.8 Å². The van der Waals surface area contributed by atoms with Crippen LogP contribution in [0.25, 0.3) is 28.0 Å². The number of aromatic amines is 1. The third kappa shape index (κ3) is 4.76. The fourth-order valence-corrected chi connectivity index (χ4v) is 5.60. The van der Waals surface area contributed by atoms with Crippen LogP contribution in [0.2, 0.25) is 0 Å². The molecule has 1 aliphatic rings. The molecule has 1 saturated carbocycles. The van der Waals surface area contributed by atoms with Gasteiger partial charge in [0, 0.05) is 11.6 Å². The fraction of sp³-hybridized carbons (Fsp3) is 0.357. The van der Waals surface area contributed by atoms with Crippen molar-refractivity contribution < 1.29 is 5.11 Å². The highest BCUT2D eigenvalue weighted by Gasteiger charge is 2.26. The number of nitrogens with one attached hydrogen (secondary N) is 1. The summed E-state index contributed by atoms with van der Waals surface area (Å²) in [6.07, 6.45) is 4.54. The van der Waals surface area contributed by atoms with Crippen LogP contribution in [0.3, 0.4) is 0 Å². The third-order valence-electron chi connectivity index (χ3n) is 6.73. The number of hydrogen-bond donors (Lipinski definition) is 2. The first-order chi connectivity index (χ1) is 17.3. The molecule has 2 N–H and O–H groups in total. The molecule has 2 aromatic carbocycles. The van der Waals surface area contributed by atoms with E-state index in [2.05, 4.69) is 75.8 Å². The van der Waals surface area contributed by atoms with E-state index in [1.54, 1.807) is 0 Å². The Labute approximate surface area is 215 Å². The number of H-pyrrole nitrogens is 1. The van der Waals surface area contributed by atoms with Crippen molar-refractivity contribution in [2.24, 2.45) is 0 Å². The van der Waals surface area contributed by atoms with Crippen molar-refractivity contribution >= 4 is 28.4 Å².